The van der Waals surface area contributed by atoms with Crippen molar-refractivity contribution in [1.82, 2.24) is 10.3 Å². The zero-order valence-electron chi connectivity index (χ0n) is 10.4. The fraction of sp³-hybridized carbons (Fsp3) is 0.538. The van der Waals surface area contributed by atoms with E-state index in [1.165, 1.54) is 0 Å². The molecule has 2 unspecified atom stereocenters. The van der Waals surface area contributed by atoms with Crippen LogP contribution in [0.3, 0.4) is 0 Å². The third-order valence-corrected chi connectivity index (χ3v) is 3.91. The molecule has 0 spiro atoms. The predicted molar refractivity (Wildman–Crippen MR) is 72.4 cm³/mol. The first-order valence-corrected chi connectivity index (χ1v) is 7.02. The number of hydrogen-bond acceptors (Lipinski definition) is 3. The zero-order chi connectivity index (χ0) is 13.0. The number of hydrogen-bond donors (Lipinski definition) is 1. The van der Waals surface area contributed by atoms with Gasteiger partial charge in [0.25, 0.3) is 5.91 Å². The Labute approximate surface area is 115 Å². The van der Waals surface area contributed by atoms with Gasteiger partial charge in [0.15, 0.2) is 0 Å². The third-order valence-electron chi connectivity index (χ3n) is 3.28. The summed E-state index contributed by atoms with van der Waals surface area (Å²) in [6, 6.07) is 3.52. The van der Waals surface area contributed by atoms with E-state index in [4.69, 9.17) is 4.74 Å². The summed E-state index contributed by atoms with van der Waals surface area (Å²) in [6.07, 6.45) is 3.95. The molecule has 1 fully saturated rings. The highest BCUT2D eigenvalue weighted by Crippen LogP contribution is 2.22. The number of pyridine rings is 1. The van der Waals surface area contributed by atoms with Crippen molar-refractivity contribution in [2.45, 2.75) is 25.9 Å². The Kier molecular flexibility index (Phi) is 4.72. The number of aromatic nitrogens is 1. The molecule has 0 aromatic carbocycles. The second-order valence-electron chi connectivity index (χ2n) is 4.42. The number of nitrogens with zero attached hydrogens (tertiary/aromatic N) is 1. The summed E-state index contributed by atoms with van der Waals surface area (Å²) in [5, 5.41) is 2.96. The number of carbonyl (C=O) groups excluding carboxylic acids is 1. The van der Waals surface area contributed by atoms with E-state index in [-0.39, 0.29) is 12.0 Å². The van der Waals surface area contributed by atoms with Gasteiger partial charge in [0, 0.05) is 25.3 Å². The standard InChI is InChI=1S/C13H17BrN2O2/c1-2-11-9(5-7-18-11)8-16-13(17)10-4-3-6-15-12(10)14/h3-4,6,9,11H,2,5,7-8H2,1H3,(H,16,17). The average Bonchev–Trinajstić information content (AvgIpc) is 2.84. The van der Waals surface area contributed by atoms with Gasteiger partial charge >= 0.3 is 0 Å². The third kappa shape index (κ3) is 3.09. The van der Waals surface area contributed by atoms with Crippen LogP contribution in [0.1, 0.15) is 30.1 Å². The molecule has 1 aliphatic heterocycles. The first kappa shape index (κ1) is 13.5. The van der Waals surface area contributed by atoms with Crippen molar-refractivity contribution in [1.29, 1.82) is 0 Å². The molecule has 1 saturated heterocycles. The Bertz CT molecular complexity index is 425. The van der Waals surface area contributed by atoms with Gasteiger partial charge in [0.1, 0.15) is 4.60 Å². The van der Waals surface area contributed by atoms with Gasteiger partial charge in [-0.2, -0.15) is 0 Å². The molecule has 0 saturated carbocycles. The van der Waals surface area contributed by atoms with Crippen LogP contribution in [0.2, 0.25) is 0 Å². The van der Waals surface area contributed by atoms with Gasteiger partial charge in [-0.1, -0.05) is 6.92 Å². The highest BCUT2D eigenvalue weighted by Gasteiger charge is 2.27. The lowest BCUT2D eigenvalue weighted by Gasteiger charge is -2.17. The van der Waals surface area contributed by atoms with Crippen LogP contribution in [-0.2, 0) is 4.74 Å². The van der Waals surface area contributed by atoms with Crippen molar-refractivity contribution < 1.29 is 9.53 Å². The van der Waals surface area contributed by atoms with E-state index in [1.807, 2.05) is 0 Å². The molecule has 0 radical (unpaired) electrons. The molecule has 2 heterocycles. The molecule has 2 rings (SSSR count). The van der Waals surface area contributed by atoms with E-state index in [2.05, 4.69) is 33.2 Å². The highest BCUT2D eigenvalue weighted by atomic mass is 79.9. The summed E-state index contributed by atoms with van der Waals surface area (Å²) in [6.45, 7) is 3.58. The predicted octanol–water partition coefficient (Wildman–Crippen LogP) is 2.39. The van der Waals surface area contributed by atoms with E-state index < -0.39 is 0 Å². The molecule has 1 aliphatic rings. The van der Waals surface area contributed by atoms with Crippen LogP contribution in [0.25, 0.3) is 0 Å². The number of carbonyl (C=O) groups is 1. The first-order valence-electron chi connectivity index (χ1n) is 6.22. The number of rotatable bonds is 4. The Morgan fingerprint density at radius 3 is 3.22 bits per heavy atom. The maximum absolute atomic E-state index is 12.0. The van der Waals surface area contributed by atoms with Gasteiger partial charge < -0.3 is 10.1 Å². The summed E-state index contributed by atoms with van der Waals surface area (Å²) >= 11 is 3.28. The minimum absolute atomic E-state index is 0.0864. The summed E-state index contributed by atoms with van der Waals surface area (Å²) in [5.74, 6) is 0.339. The summed E-state index contributed by atoms with van der Waals surface area (Å²) in [4.78, 5) is 16.0. The van der Waals surface area contributed by atoms with Crippen LogP contribution in [0.15, 0.2) is 22.9 Å². The van der Waals surface area contributed by atoms with Crippen molar-refractivity contribution in [2.24, 2.45) is 5.92 Å². The zero-order valence-corrected chi connectivity index (χ0v) is 11.9. The topological polar surface area (TPSA) is 51.2 Å². The van der Waals surface area contributed by atoms with Gasteiger partial charge in [-0.15, -0.1) is 0 Å². The minimum Gasteiger partial charge on any atom is -0.378 e. The number of halogens is 1. The lowest BCUT2D eigenvalue weighted by molar-refractivity contribution is 0.0826. The summed E-state index contributed by atoms with van der Waals surface area (Å²) in [5.41, 5.74) is 0.574. The smallest absolute Gasteiger partial charge is 0.254 e. The van der Waals surface area contributed by atoms with Crippen LogP contribution >= 0.6 is 15.9 Å². The number of nitrogens with one attached hydrogen (secondary N) is 1. The molecule has 1 aromatic rings. The van der Waals surface area contributed by atoms with E-state index in [1.54, 1.807) is 18.3 Å². The molecule has 1 aromatic heterocycles. The van der Waals surface area contributed by atoms with Crippen LogP contribution in [0, 0.1) is 5.92 Å². The number of ether oxygens (including phenoxy) is 1. The molecular weight excluding hydrogens is 296 g/mol. The van der Waals surface area contributed by atoms with Crippen molar-refractivity contribution in [3.8, 4) is 0 Å². The van der Waals surface area contributed by atoms with Gasteiger partial charge in [0.05, 0.1) is 11.7 Å². The Balaban J connectivity index is 1.91. The molecule has 18 heavy (non-hydrogen) atoms. The van der Waals surface area contributed by atoms with Crippen molar-refractivity contribution in [2.75, 3.05) is 13.2 Å². The molecule has 5 heteroatoms. The van der Waals surface area contributed by atoms with E-state index in [0.717, 1.165) is 19.4 Å². The molecule has 0 bridgehead atoms. The second kappa shape index (κ2) is 6.29. The van der Waals surface area contributed by atoms with Crippen LogP contribution < -0.4 is 5.32 Å². The van der Waals surface area contributed by atoms with Gasteiger partial charge in [-0.3, -0.25) is 4.79 Å². The van der Waals surface area contributed by atoms with Crippen LogP contribution in [0.5, 0.6) is 0 Å². The lowest BCUT2D eigenvalue weighted by Crippen LogP contribution is -2.32. The SMILES string of the molecule is CCC1OCCC1CNC(=O)c1cccnc1Br. The maximum Gasteiger partial charge on any atom is 0.254 e. The number of amides is 1. The van der Waals surface area contributed by atoms with E-state index in [9.17, 15) is 4.79 Å². The van der Waals surface area contributed by atoms with Crippen molar-refractivity contribution >= 4 is 21.8 Å². The first-order chi connectivity index (χ1) is 8.72. The molecule has 0 aliphatic carbocycles. The van der Waals surface area contributed by atoms with Crippen LogP contribution in [-0.4, -0.2) is 30.1 Å². The largest absolute Gasteiger partial charge is 0.378 e. The Morgan fingerprint density at radius 1 is 1.67 bits per heavy atom. The second-order valence-corrected chi connectivity index (χ2v) is 5.17. The maximum atomic E-state index is 12.0. The van der Waals surface area contributed by atoms with E-state index >= 15 is 0 Å². The van der Waals surface area contributed by atoms with Crippen LogP contribution in [0.4, 0.5) is 0 Å². The lowest BCUT2D eigenvalue weighted by atomic mass is 9.99. The average molecular weight is 313 g/mol. The van der Waals surface area contributed by atoms with Gasteiger partial charge in [-0.25, -0.2) is 4.98 Å². The van der Waals surface area contributed by atoms with E-state index in [0.29, 0.717) is 22.6 Å². The molecular formula is C13H17BrN2O2. The molecule has 4 nitrogen and oxygen atoms in total. The fourth-order valence-corrected chi connectivity index (χ4v) is 2.68. The Morgan fingerprint density at radius 2 is 2.50 bits per heavy atom. The Hall–Kier alpha value is -0.940. The molecule has 1 N–H and O–H groups in total. The monoisotopic (exact) mass is 312 g/mol. The van der Waals surface area contributed by atoms with Crippen molar-refractivity contribution in [3.05, 3.63) is 28.5 Å². The highest BCUT2D eigenvalue weighted by molar-refractivity contribution is 9.10. The molecule has 2 atom stereocenters. The summed E-state index contributed by atoms with van der Waals surface area (Å²) in [7, 11) is 0. The summed E-state index contributed by atoms with van der Waals surface area (Å²) < 4.78 is 6.18. The van der Waals surface area contributed by atoms with Gasteiger partial charge in [0.2, 0.25) is 0 Å². The van der Waals surface area contributed by atoms with Crippen molar-refractivity contribution in [3.63, 3.8) is 0 Å². The molecule has 1 amide bonds. The quantitative estimate of drug-likeness (QED) is 0.869. The normalized spacial score (nSPS) is 23.0. The fourth-order valence-electron chi connectivity index (χ4n) is 2.25. The molecule has 98 valence electrons. The van der Waals surface area contributed by atoms with Gasteiger partial charge in [-0.05, 0) is 40.9 Å². The minimum atomic E-state index is -0.0864.